The minimum atomic E-state index is 0.329. The molecule has 1 aliphatic rings. The van der Waals surface area contributed by atoms with Gasteiger partial charge in [0, 0.05) is 25.2 Å². The molecular formula is C16H34N2O. The van der Waals surface area contributed by atoms with Crippen LogP contribution in [0, 0.1) is 5.41 Å². The van der Waals surface area contributed by atoms with Gasteiger partial charge in [-0.15, -0.1) is 0 Å². The lowest BCUT2D eigenvalue weighted by Gasteiger charge is -2.40. The van der Waals surface area contributed by atoms with E-state index in [4.69, 9.17) is 4.74 Å². The van der Waals surface area contributed by atoms with Crippen molar-refractivity contribution >= 4 is 0 Å². The summed E-state index contributed by atoms with van der Waals surface area (Å²) in [6.45, 7) is 17.9. The van der Waals surface area contributed by atoms with Gasteiger partial charge in [0.25, 0.3) is 0 Å². The Balaban J connectivity index is 2.51. The van der Waals surface area contributed by atoms with Gasteiger partial charge in [-0.3, -0.25) is 4.90 Å². The molecule has 0 bridgehead atoms. The van der Waals surface area contributed by atoms with Gasteiger partial charge < -0.3 is 10.1 Å². The Labute approximate surface area is 120 Å². The Hall–Kier alpha value is -0.120. The average Bonchev–Trinajstić information content (AvgIpc) is 2.33. The zero-order valence-electron chi connectivity index (χ0n) is 13.8. The molecule has 0 aromatic carbocycles. The maximum atomic E-state index is 5.78. The maximum absolute atomic E-state index is 5.78. The van der Waals surface area contributed by atoms with Crippen molar-refractivity contribution in [2.45, 2.75) is 72.6 Å². The van der Waals surface area contributed by atoms with Crippen LogP contribution in [0.3, 0.4) is 0 Å². The standard InChI is InChI=1S/C16H34N2O/c1-7-14-12-19-13(3)11-18(14)10-9-15(17-8-2)16(4,5)6/h13-15,17H,7-12H2,1-6H3. The molecule has 1 saturated heterocycles. The molecule has 1 N–H and O–H groups in total. The molecule has 3 unspecified atom stereocenters. The van der Waals surface area contributed by atoms with E-state index in [2.05, 4.69) is 51.8 Å². The molecule has 0 spiro atoms. The summed E-state index contributed by atoms with van der Waals surface area (Å²) in [6.07, 6.45) is 2.80. The molecule has 114 valence electrons. The zero-order chi connectivity index (χ0) is 14.5. The number of hydrogen-bond acceptors (Lipinski definition) is 3. The van der Waals surface area contributed by atoms with Gasteiger partial charge in [0.2, 0.25) is 0 Å². The second-order valence-electron chi connectivity index (χ2n) is 6.97. The molecule has 0 aromatic rings. The Morgan fingerprint density at radius 1 is 1.32 bits per heavy atom. The van der Waals surface area contributed by atoms with E-state index < -0.39 is 0 Å². The van der Waals surface area contributed by atoms with Gasteiger partial charge in [0.05, 0.1) is 12.7 Å². The largest absolute Gasteiger partial charge is 0.376 e. The van der Waals surface area contributed by atoms with Crippen molar-refractivity contribution in [3.05, 3.63) is 0 Å². The molecule has 19 heavy (non-hydrogen) atoms. The van der Waals surface area contributed by atoms with Crippen molar-refractivity contribution in [1.82, 2.24) is 10.2 Å². The van der Waals surface area contributed by atoms with Crippen LogP contribution < -0.4 is 5.32 Å². The molecule has 3 nitrogen and oxygen atoms in total. The van der Waals surface area contributed by atoms with Crippen LogP contribution in [0.5, 0.6) is 0 Å². The summed E-state index contributed by atoms with van der Waals surface area (Å²) < 4.78 is 5.78. The highest BCUT2D eigenvalue weighted by Gasteiger charge is 2.28. The van der Waals surface area contributed by atoms with Crippen molar-refractivity contribution in [3.63, 3.8) is 0 Å². The molecular weight excluding hydrogens is 236 g/mol. The number of ether oxygens (including phenoxy) is 1. The van der Waals surface area contributed by atoms with Crippen molar-refractivity contribution in [2.24, 2.45) is 5.41 Å². The van der Waals surface area contributed by atoms with Crippen molar-refractivity contribution < 1.29 is 4.74 Å². The van der Waals surface area contributed by atoms with Gasteiger partial charge >= 0.3 is 0 Å². The maximum Gasteiger partial charge on any atom is 0.0674 e. The van der Waals surface area contributed by atoms with E-state index >= 15 is 0 Å². The van der Waals surface area contributed by atoms with Crippen LogP contribution in [0.15, 0.2) is 0 Å². The van der Waals surface area contributed by atoms with Gasteiger partial charge in [0.1, 0.15) is 0 Å². The third-order valence-electron chi connectivity index (χ3n) is 4.25. The lowest BCUT2D eigenvalue weighted by atomic mass is 9.84. The average molecular weight is 270 g/mol. The third kappa shape index (κ3) is 5.41. The Bertz CT molecular complexity index is 250. The summed E-state index contributed by atoms with van der Waals surface area (Å²) in [4.78, 5) is 2.63. The van der Waals surface area contributed by atoms with Crippen LogP contribution in [0.1, 0.15) is 54.4 Å². The van der Waals surface area contributed by atoms with E-state index in [1.807, 2.05) is 0 Å². The predicted molar refractivity (Wildman–Crippen MR) is 82.6 cm³/mol. The molecule has 1 heterocycles. The molecule has 1 aliphatic heterocycles. The summed E-state index contributed by atoms with van der Waals surface area (Å²) in [5.74, 6) is 0. The SMILES string of the molecule is CCNC(CCN1CC(C)OCC1CC)C(C)(C)C. The topological polar surface area (TPSA) is 24.5 Å². The summed E-state index contributed by atoms with van der Waals surface area (Å²) in [5.41, 5.74) is 0.329. The van der Waals surface area contributed by atoms with E-state index in [0.29, 0.717) is 23.6 Å². The van der Waals surface area contributed by atoms with Crippen LogP contribution in [0.2, 0.25) is 0 Å². The number of nitrogens with one attached hydrogen (secondary N) is 1. The van der Waals surface area contributed by atoms with Gasteiger partial charge in [-0.25, -0.2) is 0 Å². The molecule has 0 aromatic heterocycles. The Kier molecular flexibility index (Phi) is 6.78. The summed E-state index contributed by atoms with van der Waals surface area (Å²) in [5, 5.41) is 3.65. The zero-order valence-corrected chi connectivity index (χ0v) is 13.8. The van der Waals surface area contributed by atoms with E-state index in [1.165, 1.54) is 19.4 Å². The third-order valence-corrected chi connectivity index (χ3v) is 4.25. The van der Waals surface area contributed by atoms with Gasteiger partial charge in [-0.2, -0.15) is 0 Å². The highest BCUT2D eigenvalue weighted by molar-refractivity contribution is 4.84. The normalized spacial score (nSPS) is 27.5. The molecule has 0 radical (unpaired) electrons. The lowest BCUT2D eigenvalue weighted by molar-refractivity contribution is -0.0575. The molecule has 3 heteroatoms. The number of nitrogens with zero attached hydrogens (tertiary/aromatic N) is 1. The van der Waals surface area contributed by atoms with E-state index in [-0.39, 0.29) is 0 Å². The molecule has 1 fully saturated rings. The summed E-state index contributed by atoms with van der Waals surface area (Å²) in [6, 6.07) is 1.20. The van der Waals surface area contributed by atoms with E-state index in [1.54, 1.807) is 0 Å². The lowest BCUT2D eigenvalue weighted by Crippen LogP contribution is -2.51. The highest BCUT2D eigenvalue weighted by atomic mass is 16.5. The van der Waals surface area contributed by atoms with Crippen LogP contribution in [-0.4, -0.2) is 49.3 Å². The fourth-order valence-corrected chi connectivity index (χ4v) is 2.95. The Morgan fingerprint density at radius 2 is 2.00 bits per heavy atom. The number of hydrogen-bond donors (Lipinski definition) is 1. The minimum absolute atomic E-state index is 0.329. The van der Waals surface area contributed by atoms with E-state index in [9.17, 15) is 0 Å². The summed E-state index contributed by atoms with van der Waals surface area (Å²) >= 11 is 0. The smallest absolute Gasteiger partial charge is 0.0674 e. The quantitative estimate of drug-likeness (QED) is 0.803. The van der Waals surface area contributed by atoms with Crippen LogP contribution >= 0.6 is 0 Å². The monoisotopic (exact) mass is 270 g/mol. The fourth-order valence-electron chi connectivity index (χ4n) is 2.95. The van der Waals surface area contributed by atoms with Crippen molar-refractivity contribution in [3.8, 4) is 0 Å². The molecule has 1 rings (SSSR count). The van der Waals surface area contributed by atoms with Crippen LogP contribution in [-0.2, 0) is 4.74 Å². The first-order valence-corrected chi connectivity index (χ1v) is 7.97. The molecule has 0 aliphatic carbocycles. The van der Waals surface area contributed by atoms with Crippen LogP contribution in [0.4, 0.5) is 0 Å². The summed E-state index contributed by atoms with van der Waals surface area (Å²) in [7, 11) is 0. The molecule has 3 atom stereocenters. The second kappa shape index (κ2) is 7.61. The number of rotatable bonds is 6. The molecule has 0 amide bonds. The second-order valence-corrected chi connectivity index (χ2v) is 6.97. The minimum Gasteiger partial charge on any atom is -0.376 e. The van der Waals surface area contributed by atoms with Gasteiger partial charge in [-0.05, 0) is 31.7 Å². The number of morpholine rings is 1. The first-order valence-electron chi connectivity index (χ1n) is 7.97. The first kappa shape index (κ1) is 16.9. The van der Waals surface area contributed by atoms with Gasteiger partial charge in [0.15, 0.2) is 0 Å². The van der Waals surface area contributed by atoms with Crippen LogP contribution in [0.25, 0.3) is 0 Å². The first-order chi connectivity index (χ1) is 8.88. The molecule has 0 saturated carbocycles. The van der Waals surface area contributed by atoms with Gasteiger partial charge in [-0.1, -0.05) is 34.6 Å². The Morgan fingerprint density at radius 3 is 2.53 bits per heavy atom. The van der Waals surface area contributed by atoms with Crippen molar-refractivity contribution in [1.29, 1.82) is 0 Å². The predicted octanol–water partition coefficient (Wildman–Crippen LogP) is 2.90. The highest BCUT2D eigenvalue weighted by Crippen LogP contribution is 2.23. The van der Waals surface area contributed by atoms with E-state index in [0.717, 1.165) is 19.7 Å². The fraction of sp³-hybridized carbons (Fsp3) is 1.00. The van der Waals surface area contributed by atoms with Crippen molar-refractivity contribution in [2.75, 3.05) is 26.2 Å².